The predicted molar refractivity (Wildman–Crippen MR) is 52.5 cm³/mol. The Balaban J connectivity index is 2.89. The molecule has 0 amide bonds. The third-order valence-corrected chi connectivity index (χ3v) is 1.66. The van der Waals surface area contributed by atoms with Crippen molar-refractivity contribution in [1.29, 1.82) is 0 Å². The van der Waals surface area contributed by atoms with Crippen LogP contribution in [0.4, 0.5) is 0 Å². The Bertz CT molecular complexity index is 350. The van der Waals surface area contributed by atoms with Gasteiger partial charge in [-0.2, -0.15) is 0 Å². The molecule has 4 nitrogen and oxygen atoms in total. The number of benzene rings is 1. The van der Waals surface area contributed by atoms with Crippen molar-refractivity contribution in [2.75, 3.05) is 14.2 Å². The van der Waals surface area contributed by atoms with Gasteiger partial charge in [0.15, 0.2) is 6.21 Å². The van der Waals surface area contributed by atoms with E-state index in [2.05, 4.69) is 4.74 Å². The van der Waals surface area contributed by atoms with E-state index in [-0.39, 0.29) is 5.97 Å². The Morgan fingerprint density at radius 3 is 2.43 bits per heavy atom. The van der Waals surface area contributed by atoms with Gasteiger partial charge in [-0.05, 0) is 24.3 Å². The Morgan fingerprint density at radius 2 is 2.00 bits per heavy atom. The molecule has 0 unspecified atom stereocenters. The van der Waals surface area contributed by atoms with Crippen LogP contribution in [-0.4, -0.2) is 31.1 Å². The highest BCUT2D eigenvalue weighted by molar-refractivity contribution is 5.90. The van der Waals surface area contributed by atoms with Crippen molar-refractivity contribution in [2.24, 2.45) is 0 Å². The number of carbonyl (C=O) groups is 1. The first-order valence-corrected chi connectivity index (χ1v) is 4.06. The van der Waals surface area contributed by atoms with Crippen LogP contribution in [0.25, 0.3) is 0 Å². The third-order valence-electron chi connectivity index (χ3n) is 1.66. The number of methoxy groups -OCH3 is 1. The SMILES string of the molecule is COC(=O)c1ccc(/C=[N+](/C)[O-])cc1. The summed E-state index contributed by atoms with van der Waals surface area (Å²) in [4.78, 5) is 11.0. The molecule has 0 radical (unpaired) electrons. The number of esters is 1. The largest absolute Gasteiger partial charge is 0.624 e. The van der Waals surface area contributed by atoms with E-state index in [1.54, 1.807) is 24.3 Å². The maximum absolute atomic E-state index is 11.0. The van der Waals surface area contributed by atoms with Gasteiger partial charge in [0.05, 0.1) is 12.7 Å². The topological polar surface area (TPSA) is 52.4 Å². The van der Waals surface area contributed by atoms with Crippen LogP contribution < -0.4 is 0 Å². The molecule has 0 saturated heterocycles. The zero-order valence-electron chi connectivity index (χ0n) is 8.06. The molecular formula is C10H11NO3. The zero-order chi connectivity index (χ0) is 10.6. The minimum atomic E-state index is -0.382. The first-order valence-electron chi connectivity index (χ1n) is 4.06. The van der Waals surface area contributed by atoms with Crippen LogP contribution in [0, 0.1) is 5.21 Å². The Kier molecular flexibility index (Phi) is 3.23. The summed E-state index contributed by atoms with van der Waals surface area (Å²) in [6.07, 6.45) is 1.42. The number of nitrogens with zero attached hydrogens (tertiary/aromatic N) is 1. The van der Waals surface area contributed by atoms with Crippen molar-refractivity contribution >= 4 is 12.2 Å². The summed E-state index contributed by atoms with van der Waals surface area (Å²) in [7, 11) is 2.72. The molecule has 0 atom stereocenters. The number of ether oxygens (including phenoxy) is 1. The first-order chi connectivity index (χ1) is 6.63. The van der Waals surface area contributed by atoms with Gasteiger partial charge in [0, 0.05) is 5.56 Å². The van der Waals surface area contributed by atoms with E-state index < -0.39 is 0 Å². The number of rotatable bonds is 2. The molecule has 0 heterocycles. The molecule has 14 heavy (non-hydrogen) atoms. The molecule has 0 aliphatic heterocycles. The summed E-state index contributed by atoms with van der Waals surface area (Å²) in [5, 5.41) is 10.7. The van der Waals surface area contributed by atoms with Crippen molar-refractivity contribution in [2.45, 2.75) is 0 Å². The van der Waals surface area contributed by atoms with E-state index in [1.165, 1.54) is 20.4 Å². The highest BCUT2D eigenvalue weighted by Gasteiger charge is 2.03. The molecule has 0 aliphatic rings. The van der Waals surface area contributed by atoms with E-state index in [0.717, 1.165) is 5.56 Å². The lowest BCUT2D eigenvalue weighted by atomic mass is 10.1. The normalized spacial score (nSPS) is 11.1. The highest BCUT2D eigenvalue weighted by Crippen LogP contribution is 2.03. The Hall–Kier alpha value is -1.84. The van der Waals surface area contributed by atoms with Crippen molar-refractivity contribution in [1.82, 2.24) is 0 Å². The van der Waals surface area contributed by atoms with Gasteiger partial charge in [-0.15, -0.1) is 0 Å². The second-order valence-electron chi connectivity index (χ2n) is 2.79. The minimum absolute atomic E-state index is 0.382. The fourth-order valence-corrected chi connectivity index (χ4v) is 1.03. The molecular weight excluding hydrogens is 182 g/mol. The minimum Gasteiger partial charge on any atom is -0.624 e. The number of hydrogen-bond acceptors (Lipinski definition) is 3. The van der Waals surface area contributed by atoms with Crippen molar-refractivity contribution in [3.63, 3.8) is 0 Å². The predicted octanol–water partition coefficient (Wildman–Crippen LogP) is 1.03. The zero-order valence-corrected chi connectivity index (χ0v) is 8.06. The van der Waals surface area contributed by atoms with Crippen molar-refractivity contribution in [3.05, 3.63) is 40.6 Å². The quantitative estimate of drug-likeness (QED) is 0.232. The molecule has 1 rings (SSSR count). The molecule has 0 aliphatic carbocycles. The number of hydrogen-bond donors (Lipinski definition) is 0. The molecule has 1 aromatic carbocycles. The second-order valence-corrected chi connectivity index (χ2v) is 2.79. The molecule has 0 fully saturated rings. The fraction of sp³-hybridized carbons (Fsp3) is 0.200. The summed E-state index contributed by atoms with van der Waals surface area (Å²) >= 11 is 0. The molecule has 0 spiro atoms. The summed E-state index contributed by atoms with van der Waals surface area (Å²) in [5.41, 5.74) is 1.22. The lowest BCUT2D eigenvalue weighted by Gasteiger charge is -1.99. The molecule has 0 N–H and O–H groups in total. The van der Waals surface area contributed by atoms with Crippen molar-refractivity contribution in [3.8, 4) is 0 Å². The van der Waals surface area contributed by atoms with Crippen LogP contribution >= 0.6 is 0 Å². The lowest BCUT2D eigenvalue weighted by molar-refractivity contribution is -0.416. The second kappa shape index (κ2) is 4.41. The van der Waals surface area contributed by atoms with Gasteiger partial charge in [0.2, 0.25) is 0 Å². The molecule has 74 valence electrons. The van der Waals surface area contributed by atoms with Gasteiger partial charge in [0.25, 0.3) is 0 Å². The Labute approximate surface area is 82.0 Å². The maximum atomic E-state index is 11.0. The van der Waals surface area contributed by atoms with Crippen LogP contribution in [0.2, 0.25) is 0 Å². The first kappa shape index (κ1) is 10.2. The van der Waals surface area contributed by atoms with E-state index in [9.17, 15) is 10.0 Å². The van der Waals surface area contributed by atoms with Gasteiger partial charge >= 0.3 is 5.97 Å². The summed E-state index contributed by atoms with van der Waals surface area (Å²) in [5.74, 6) is -0.382. The fourth-order valence-electron chi connectivity index (χ4n) is 1.03. The average Bonchev–Trinajstić information content (AvgIpc) is 2.17. The van der Waals surface area contributed by atoms with Crippen LogP contribution in [-0.2, 0) is 4.74 Å². The van der Waals surface area contributed by atoms with E-state index in [1.807, 2.05) is 0 Å². The van der Waals surface area contributed by atoms with Crippen LogP contribution in [0.3, 0.4) is 0 Å². The maximum Gasteiger partial charge on any atom is 0.337 e. The smallest absolute Gasteiger partial charge is 0.337 e. The van der Waals surface area contributed by atoms with Gasteiger partial charge in [-0.1, -0.05) is 0 Å². The molecule has 0 aromatic heterocycles. The van der Waals surface area contributed by atoms with Crippen LogP contribution in [0.1, 0.15) is 15.9 Å². The van der Waals surface area contributed by atoms with Gasteiger partial charge in [0.1, 0.15) is 7.05 Å². The van der Waals surface area contributed by atoms with Gasteiger partial charge in [-0.3, -0.25) is 0 Å². The standard InChI is InChI=1S/C10H11NO3/c1-11(13)7-8-3-5-9(6-4-8)10(12)14-2/h3-7H,1-2H3/b11-7-. The molecule has 0 bridgehead atoms. The van der Waals surface area contributed by atoms with E-state index in [0.29, 0.717) is 10.3 Å². The summed E-state index contributed by atoms with van der Waals surface area (Å²) in [6.45, 7) is 0. The van der Waals surface area contributed by atoms with Gasteiger partial charge < -0.3 is 9.94 Å². The van der Waals surface area contributed by atoms with Crippen molar-refractivity contribution < 1.29 is 14.3 Å². The molecule has 0 saturated carbocycles. The summed E-state index contributed by atoms with van der Waals surface area (Å²) < 4.78 is 5.24. The van der Waals surface area contributed by atoms with E-state index in [4.69, 9.17) is 0 Å². The summed E-state index contributed by atoms with van der Waals surface area (Å²) in [6, 6.07) is 6.59. The van der Waals surface area contributed by atoms with Crippen LogP contribution in [0.15, 0.2) is 24.3 Å². The number of hydroxylamine groups is 1. The van der Waals surface area contributed by atoms with Gasteiger partial charge in [-0.25, -0.2) is 9.53 Å². The molecule has 4 heteroatoms. The monoisotopic (exact) mass is 193 g/mol. The third kappa shape index (κ3) is 2.58. The lowest BCUT2D eigenvalue weighted by Crippen LogP contribution is -2.02. The number of carbonyl (C=O) groups excluding carboxylic acids is 1. The average molecular weight is 193 g/mol. The van der Waals surface area contributed by atoms with Crippen LogP contribution in [0.5, 0.6) is 0 Å². The van der Waals surface area contributed by atoms with E-state index >= 15 is 0 Å². The Morgan fingerprint density at radius 1 is 1.43 bits per heavy atom. The highest BCUT2D eigenvalue weighted by atomic mass is 16.5. The molecule has 1 aromatic rings.